The summed E-state index contributed by atoms with van der Waals surface area (Å²) in [6.07, 6.45) is 6.69. The minimum atomic E-state index is 0.373. The normalized spacial score (nSPS) is 30.8. The van der Waals surface area contributed by atoms with Gasteiger partial charge in [0.15, 0.2) is 0 Å². The van der Waals surface area contributed by atoms with Crippen LogP contribution in [0.2, 0.25) is 0 Å². The first kappa shape index (κ1) is 13.9. The molecule has 2 bridgehead atoms. The van der Waals surface area contributed by atoms with Gasteiger partial charge < -0.3 is 10.2 Å². The summed E-state index contributed by atoms with van der Waals surface area (Å²) >= 11 is 0. The van der Waals surface area contributed by atoms with Gasteiger partial charge in [0.2, 0.25) is 5.91 Å². The van der Waals surface area contributed by atoms with Crippen LogP contribution < -0.4 is 5.32 Å². The fourth-order valence-corrected chi connectivity index (χ4v) is 3.48. The molecule has 0 aromatic carbocycles. The summed E-state index contributed by atoms with van der Waals surface area (Å²) in [6.45, 7) is 7.38. The van der Waals surface area contributed by atoms with E-state index in [-0.39, 0.29) is 0 Å². The van der Waals surface area contributed by atoms with Crippen LogP contribution in [0, 0.1) is 5.92 Å². The van der Waals surface area contributed by atoms with E-state index in [0.717, 1.165) is 32.2 Å². The highest BCUT2D eigenvalue weighted by Crippen LogP contribution is 2.30. The highest BCUT2D eigenvalue weighted by atomic mass is 16.2. The van der Waals surface area contributed by atoms with Crippen LogP contribution >= 0.6 is 0 Å². The number of piperidine rings is 1. The molecular weight excluding hydrogens is 224 g/mol. The average Bonchev–Trinajstić information content (AvgIpc) is 2.67. The molecule has 3 nitrogen and oxygen atoms in total. The van der Waals surface area contributed by atoms with Gasteiger partial charge in [-0.1, -0.05) is 13.8 Å². The van der Waals surface area contributed by atoms with E-state index in [2.05, 4.69) is 31.0 Å². The van der Waals surface area contributed by atoms with E-state index in [4.69, 9.17) is 0 Å². The first-order valence-corrected chi connectivity index (χ1v) is 7.65. The molecule has 0 aliphatic carbocycles. The van der Waals surface area contributed by atoms with Crippen molar-refractivity contribution < 1.29 is 4.79 Å². The molecule has 0 aromatic heterocycles. The third kappa shape index (κ3) is 3.25. The van der Waals surface area contributed by atoms with E-state index >= 15 is 0 Å². The van der Waals surface area contributed by atoms with E-state index in [9.17, 15) is 4.79 Å². The van der Waals surface area contributed by atoms with Crippen LogP contribution in [0.3, 0.4) is 0 Å². The van der Waals surface area contributed by atoms with Crippen molar-refractivity contribution in [3.63, 3.8) is 0 Å². The van der Waals surface area contributed by atoms with E-state index in [1.54, 1.807) is 0 Å². The molecule has 0 spiro atoms. The first-order chi connectivity index (χ1) is 8.60. The van der Waals surface area contributed by atoms with Crippen LogP contribution in [0.25, 0.3) is 0 Å². The van der Waals surface area contributed by atoms with Crippen LogP contribution in [-0.2, 0) is 4.79 Å². The van der Waals surface area contributed by atoms with Gasteiger partial charge in [0, 0.05) is 31.1 Å². The molecule has 2 aliphatic heterocycles. The molecular formula is C15H28N2O. The van der Waals surface area contributed by atoms with Crippen molar-refractivity contribution in [1.82, 2.24) is 10.2 Å². The van der Waals surface area contributed by atoms with Crippen molar-refractivity contribution in [3.05, 3.63) is 0 Å². The minimum absolute atomic E-state index is 0.373. The van der Waals surface area contributed by atoms with Gasteiger partial charge in [0.1, 0.15) is 0 Å². The van der Waals surface area contributed by atoms with Gasteiger partial charge in [0.25, 0.3) is 0 Å². The lowest BCUT2D eigenvalue weighted by Crippen LogP contribution is -2.50. The van der Waals surface area contributed by atoms with Gasteiger partial charge in [0.05, 0.1) is 0 Å². The molecule has 1 amide bonds. The fraction of sp³-hybridized carbons (Fsp3) is 0.933. The molecule has 2 heterocycles. The van der Waals surface area contributed by atoms with Gasteiger partial charge in [-0.3, -0.25) is 4.79 Å². The molecule has 2 unspecified atom stereocenters. The largest absolute Gasteiger partial charge is 0.340 e. The number of carbonyl (C=O) groups is 1. The zero-order chi connectivity index (χ0) is 13.1. The summed E-state index contributed by atoms with van der Waals surface area (Å²) < 4.78 is 0. The molecule has 104 valence electrons. The number of fused-ring (bicyclic) bond motifs is 2. The maximum Gasteiger partial charge on any atom is 0.222 e. The van der Waals surface area contributed by atoms with Gasteiger partial charge in [-0.15, -0.1) is 0 Å². The van der Waals surface area contributed by atoms with Gasteiger partial charge >= 0.3 is 0 Å². The molecule has 2 saturated heterocycles. The first-order valence-electron chi connectivity index (χ1n) is 7.65. The number of nitrogens with one attached hydrogen (secondary N) is 1. The van der Waals surface area contributed by atoms with Crippen molar-refractivity contribution in [2.45, 2.75) is 77.4 Å². The molecule has 3 heteroatoms. The molecule has 18 heavy (non-hydrogen) atoms. The van der Waals surface area contributed by atoms with Crippen molar-refractivity contribution in [2.24, 2.45) is 5.92 Å². The van der Waals surface area contributed by atoms with Gasteiger partial charge in [-0.05, 0) is 44.9 Å². The number of nitrogens with zero attached hydrogens (tertiary/aromatic N) is 1. The predicted molar refractivity (Wildman–Crippen MR) is 74.4 cm³/mol. The summed E-state index contributed by atoms with van der Waals surface area (Å²) in [5.41, 5.74) is 0. The van der Waals surface area contributed by atoms with Crippen LogP contribution in [0.5, 0.6) is 0 Å². The molecule has 0 aromatic rings. The van der Waals surface area contributed by atoms with Crippen molar-refractivity contribution in [3.8, 4) is 0 Å². The van der Waals surface area contributed by atoms with Crippen molar-refractivity contribution in [1.29, 1.82) is 0 Å². The van der Waals surface area contributed by atoms with Crippen LogP contribution in [-0.4, -0.2) is 35.5 Å². The second-order valence-electron chi connectivity index (χ2n) is 6.38. The summed E-state index contributed by atoms with van der Waals surface area (Å²) in [5, 5.41) is 3.65. The summed E-state index contributed by atoms with van der Waals surface area (Å²) in [5.74, 6) is 0.995. The Kier molecular flexibility index (Phi) is 4.66. The number of hydrogen-bond donors (Lipinski definition) is 1. The Hall–Kier alpha value is -0.570. The summed E-state index contributed by atoms with van der Waals surface area (Å²) in [4.78, 5) is 14.5. The molecule has 2 fully saturated rings. The SMILES string of the molecule is CCN(C(=O)CCC(C)C)C1CC2CCC(C1)N2. The molecule has 2 rings (SSSR count). The summed E-state index contributed by atoms with van der Waals surface area (Å²) in [6, 6.07) is 1.83. The third-order valence-electron chi connectivity index (χ3n) is 4.49. The Morgan fingerprint density at radius 3 is 2.39 bits per heavy atom. The number of rotatable bonds is 5. The molecule has 1 N–H and O–H groups in total. The van der Waals surface area contributed by atoms with Crippen LogP contribution in [0.4, 0.5) is 0 Å². The number of carbonyl (C=O) groups excluding carboxylic acids is 1. The smallest absolute Gasteiger partial charge is 0.222 e. The van der Waals surface area contributed by atoms with E-state index in [1.807, 2.05) is 0 Å². The third-order valence-corrected chi connectivity index (χ3v) is 4.49. The van der Waals surface area contributed by atoms with Crippen LogP contribution in [0.1, 0.15) is 59.3 Å². The Balaban J connectivity index is 1.89. The quantitative estimate of drug-likeness (QED) is 0.815. The maximum atomic E-state index is 12.3. The molecule has 2 atom stereocenters. The Morgan fingerprint density at radius 2 is 1.89 bits per heavy atom. The molecule has 2 aliphatic rings. The standard InChI is InChI=1S/C15H28N2O/c1-4-17(15(18)8-5-11(2)3)14-9-12-6-7-13(10-14)16-12/h11-14,16H,4-10H2,1-3H3. The zero-order valence-electron chi connectivity index (χ0n) is 12.1. The van der Waals surface area contributed by atoms with Crippen LogP contribution in [0.15, 0.2) is 0 Å². The van der Waals surface area contributed by atoms with Gasteiger partial charge in [-0.25, -0.2) is 0 Å². The molecule has 0 saturated carbocycles. The van der Waals surface area contributed by atoms with Crippen molar-refractivity contribution >= 4 is 5.91 Å². The Morgan fingerprint density at radius 1 is 1.28 bits per heavy atom. The fourth-order valence-electron chi connectivity index (χ4n) is 3.48. The maximum absolute atomic E-state index is 12.3. The second kappa shape index (κ2) is 6.05. The highest BCUT2D eigenvalue weighted by Gasteiger charge is 2.36. The minimum Gasteiger partial charge on any atom is -0.340 e. The van der Waals surface area contributed by atoms with E-state index in [0.29, 0.717) is 30.0 Å². The predicted octanol–water partition coefficient (Wildman–Crippen LogP) is 2.55. The van der Waals surface area contributed by atoms with E-state index < -0.39 is 0 Å². The van der Waals surface area contributed by atoms with Gasteiger partial charge in [-0.2, -0.15) is 0 Å². The zero-order valence-corrected chi connectivity index (χ0v) is 12.1. The number of hydrogen-bond acceptors (Lipinski definition) is 2. The average molecular weight is 252 g/mol. The Labute approximate surface area is 111 Å². The monoisotopic (exact) mass is 252 g/mol. The highest BCUT2D eigenvalue weighted by molar-refractivity contribution is 5.76. The lowest BCUT2D eigenvalue weighted by atomic mass is 9.97. The number of amides is 1. The van der Waals surface area contributed by atoms with E-state index in [1.165, 1.54) is 12.8 Å². The van der Waals surface area contributed by atoms with Crippen molar-refractivity contribution in [2.75, 3.05) is 6.54 Å². The lowest BCUT2D eigenvalue weighted by molar-refractivity contribution is -0.134. The molecule has 0 radical (unpaired) electrons. The second-order valence-corrected chi connectivity index (χ2v) is 6.38. The lowest BCUT2D eigenvalue weighted by Gasteiger charge is -2.37. The topological polar surface area (TPSA) is 32.3 Å². The Bertz CT molecular complexity index is 278. The summed E-state index contributed by atoms with van der Waals surface area (Å²) in [7, 11) is 0.